The molecular formula is C14H17NO3. The van der Waals surface area contributed by atoms with Gasteiger partial charge in [0.25, 0.3) is 0 Å². The van der Waals surface area contributed by atoms with E-state index in [1.165, 1.54) is 18.2 Å². The maximum atomic E-state index is 11.6. The summed E-state index contributed by atoms with van der Waals surface area (Å²) < 4.78 is 0. The van der Waals surface area contributed by atoms with E-state index >= 15 is 0 Å². The number of anilines is 1. The third kappa shape index (κ3) is 4.05. The Balaban J connectivity index is 2.62. The van der Waals surface area contributed by atoms with Crippen LogP contribution < -0.4 is 5.32 Å². The van der Waals surface area contributed by atoms with Crippen molar-refractivity contribution in [1.82, 2.24) is 0 Å². The summed E-state index contributed by atoms with van der Waals surface area (Å²) in [5.41, 5.74) is 0.569. The molecule has 0 aliphatic heterocycles. The lowest BCUT2D eigenvalue weighted by Crippen LogP contribution is -2.17. The zero-order valence-electron chi connectivity index (χ0n) is 10.7. The van der Waals surface area contributed by atoms with Gasteiger partial charge in [-0.05, 0) is 30.3 Å². The van der Waals surface area contributed by atoms with E-state index < -0.39 is 11.4 Å². The zero-order valence-corrected chi connectivity index (χ0v) is 10.7. The lowest BCUT2D eigenvalue weighted by atomic mass is 9.91. The van der Waals surface area contributed by atoms with Crippen molar-refractivity contribution in [1.29, 1.82) is 0 Å². The van der Waals surface area contributed by atoms with Gasteiger partial charge in [-0.25, -0.2) is 4.79 Å². The Labute approximate surface area is 106 Å². The summed E-state index contributed by atoms with van der Waals surface area (Å²) in [5, 5.41) is 11.7. The number of hydrogen-bond donors (Lipinski definition) is 2. The van der Waals surface area contributed by atoms with Gasteiger partial charge in [-0.1, -0.05) is 20.8 Å². The number of aromatic carboxylic acids is 1. The highest BCUT2D eigenvalue weighted by atomic mass is 16.4. The monoisotopic (exact) mass is 247 g/mol. The number of carboxylic acids is 1. The molecule has 4 heteroatoms. The van der Waals surface area contributed by atoms with Gasteiger partial charge in [0.05, 0.1) is 5.56 Å². The smallest absolute Gasteiger partial charge is 0.335 e. The van der Waals surface area contributed by atoms with Crippen molar-refractivity contribution in [3.8, 4) is 0 Å². The predicted molar refractivity (Wildman–Crippen MR) is 70.6 cm³/mol. The van der Waals surface area contributed by atoms with Crippen molar-refractivity contribution in [2.45, 2.75) is 20.8 Å². The topological polar surface area (TPSA) is 66.4 Å². The van der Waals surface area contributed by atoms with E-state index in [1.807, 2.05) is 20.8 Å². The molecule has 1 rings (SSSR count). The Morgan fingerprint density at radius 2 is 1.72 bits per heavy atom. The first-order chi connectivity index (χ1) is 8.30. The SMILES string of the molecule is CC(C)(C)C(=O)C=CNc1ccc(C(=O)O)cc1. The third-order valence-corrected chi connectivity index (χ3v) is 2.36. The van der Waals surface area contributed by atoms with E-state index in [1.54, 1.807) is 18.3 Å². The zero-order chi connectivity index (χ0) is 13.8. The van der Waals surface area contributed by atoms with Gasteiger partial charge in [0, 0.05) is 17.3 Å². The quantitative estimate of drug-likeness (QED) is 0.803. The van der Waals surface area contributed by atoms with Crippen LogP contribution in [0.4, 0.5) is 5.69 Å². The number of hydrogen-bond acceptors (Lipinski definition) is 3. The summed E-state index contributed by atoms with van der Waals surface area (Å²) in [5.74, 6) is -0.933. The summed E-state index contributed by atoms with van der Waals surface area (Å²) >= 11 is 0. The molecule has 0 saturated heterocycles. The molecular weight excluding hydrogens is 230 g/mol. The lowest BCUT2D eigenvalue weighted by molar-refractivity contribution is -0.121. The highest BCUT2D eigenvalue weighted by molar-refractivity contribution is 5.94. The van der Waals surface area contributed by atoms with Crippen LogP contribution in [0, 0.1) is 5.41 Å². The summed E-state index contributed by atoms with van der Waals surface area (Å²) in [6, 6.07) is 6.30. The Bertz CT molecular complexity index is 467. The fourth-order valence-electron chi connectivity index (χ4n) is 1.17. The number of benzene rings is 1. The first-order valence-electron chi connectivity index (χ1n) is 5.61. The molecule has 0 fully saturated rings. The molecule has 0 heterocycles. The summed E-state index contributed by atoms with van der Waals surface area (Å²) in [6.45, 7) is 5.55. The van der Waals surface area contributed by atoms with Crippen LogP contribution in [0.1, 0.15) is 31.1 Å². The van der Waals surface area contributed by atoms with Crippen LogP contribution >= 0.6 is 0 Å². The van der Waals surface area contributed by atoms with Gasteiger partial charge in [-0.15, -0.1) is 0 Å². The molecule has 0 unspecified atom stereocenters. The Morgan fingerprint density at radius 1 is 1.17 bits per heavy atom. The van der Waals surface area contributed by atoms with Crippen LogP contribution in [-0.4, -0.2) is 16.9 Å². The van der Waals surface area contributed by atoms with E-state index in [-0.39, 0.29) is 11.3 Å². The normalized spacial score (nSPS) is 11.5. The second kappa shape index (κ2) is 5.49. The van der Waals surface area contributed by atoms with Crippen molar-refractivity contribution in [3.63, 3.8) is 0 Å². The average molecular weight is 247 g/mol. The van der Waals surface area contributed by atoms with Gasteiger partial charge in [0.15, 0.2) is 5.78 Å². The second-order valence-electron chi connectivity index (χ2n) is 4.97. The third-order valence-electron chi connectivity index (χ3n) is 2.36. The Hall–Kier alpha value is -2.10. The number of allylic oxidation sites excluding steroid dienone is 1. The number of nitrogens with one attached hydrogen (secondary N) is 1. The van der Waals surface area contributed by atoms with Crippen molar-refractivity contribution in [2.24, 2.45) is 5.41 Å². The lowest BCUT2D eigenvalue weighted by Gasteiger charge is -2.13. The van der Waals surface area contributed by atoms with Crippen LogP contribution in [0.15, 0.2) is 36.5 Å². The summed E-state index contributed by atoms with van der Waals surface area (Å²) in [6.07, 6.45) is 3.04. The number of carboxylic acid groups (broad SMARTS) is 1. The Kier molecular flexibility index (Phi) is 4.26. The van der Waals surface area contributed by atoms with E-state index in [0.29, 0.717) is 0 Å². The molecule has 18 heavy (non-hydrogen) atoms. The van der Waals surface area contributed by atoms with Crippen molar-refractivity contribution in [2.75, 3.05) is 5.32 Å². The van der Waals surface area contributed by atoms with Crippen LogP contribution in [0.2, 0.25) is 0 Å². The van der Waals surface area contributed by atoms with Gasteiger partial charge in [-0.3, -0.25) is 4.79 Å². The number of carbonyl (C=O) groups is 2. The molecule has 4 nitrogen and oxygen atoms in total. The summed E-state index contributed by atoms with van der Waals surface area (Å²) in [7, 11) is 0. The molecule has 0 aliphatic rings. The molecule has 0 spiro atoms. The van der Waals surface area contributed by atoms with Crippen LogP contribution in [0.3, 0.4) is 0 Å². The van der Waals surface area contributed by atoms with Crippen molar-refractivity contribution < 1.29 is 14.7 Å². The highest BCUT2D eigenvalue weighted by Crippen LogP contribution is 2.15. The van der Waals surface area contributed by atoms with E-state index in [0.717, 1.165) is 5.69 Å². The number of rotatable bonds is 4. The summed E-state index contributed by atoms with van der Waals surface area (Å²) in [4.78, 5) is 22.2. The van der Waals surface area contributed by atoms with Crippen LogP contribution in [0.5, 0.6) is 0 Å². The maximum Gasteiger partial charge on any atom is 0.335 e. The highest BCUT2D eigenvalue weighted by Gasteiger charge is 2.17. The minimum atomic E-state index is -0.958. The van der Waals surface area contributed by atoms with E-state index in [4.69, 9.17) is 5.11 Å². The molecule has 0 saturated carbocycles. The van der Waals surface area contributed by atoms with Gasteiger partial charge in [0.2, 0.25) is 0 Å². The van der Waals surface area contributed by atoms with Gasteiger partial charge >= 0.3 is 5.97 Å². The minimum Gasteiger partial charge on any atom is -0.478 e. The van der Waals surface area contributed by atoms with Crippen LogP contribution in [0.25, 0.3) is 0 Å². The van der Waals surface area contributed by atoms with Gasteiger partial charge in [0.1, 0.15) is 0 Å². The average Bonchev–Trinajstić information content (AvgIpc) is 2.28. The van der Waals surface area contributed by atoms with Crippen molar-refractivity contribution >= 4 is 17.4 Å². The standard InChI is InChI=1S/C14H17NO3/c1-14(2,3)12(16)8-9-15-11-6-4-10(5-7-11)13(17)18/h4-9,15H,1-3H3,(H,17,18). The minimum absolute atomic E-state index is 0.0251. The molecule has 0 bridgehead atoms. The van der Waals surface area contributed by atoms with Gasteiger partial charge in [-0.2, -0.15) is 0 Å². The van der Waals surface area contributed by atoms with Crippen LogP contribution in [-0.2, 0) is 4.79 Å². The molecule has 96 valence electrons. The second-order valence-corrected chi connectivity index (χ2v) is 4.97. The number of carbonyl (C=O) groups excluding carboxylic acids is 1. The molecule has 0 amide bonds. The number of ketones is 1. The first-order valence-corrected chi connectivity index (χ1v) is 5.61. The predicted octanol–water partition coefficient (Wildman–Crippen LogP) is 2.93. The molecule has 2 N–H and O–H groups in total. The molecule has 1 aromatic carbocycles. The molecule has 0 atom stereocenters. The largest absolute Gasteiger partial charge is 0.478 e. The fourth-order valence-corrected chi connectivity index (χ4v) is 1.17. The molecule has 1 aromatic rings. The fraction of sp³-hybridized carbons (Fsp3) is 0.286. The van der Waals surface area contributed by atoms with E-state index in [2.05, 4.69) is 5.32 Å². The molecule has 0 radical (unpaired) electrons. The van der Waals surface area contributed by atoms with Crippen molar-refractivity contribution in [3.05, 3.63) is 42.1 Å². The maximum absolute atomic E-state index is 11.6. The molecule has 0 aromatic heterocycles. The molecule has 0 aliphatic carbocycles. The Morgan fingerprint density at radius 3 is 2.17 bits per heavy atom. The van der Waals surface area contributed by atoms with E-state index in [9.17, 15) is 9.59 Å². The first kappa shape index (κ1) is 14.0. The van der Waals surface area contributed by atoms with Gasteiger partial charge < -0.3 is 10.4 Å².